The molecular formula is C24H27NO6. The number of hydrogen-bond acceptors (Lipinski definition) is 5. The van der Waals surface area contributed by atoms with E-state index in [-0.39, 0.29) is 6.42 Å². The van der Waals surface area contributed by atoms with Crippen molar-refractivity contribution in [2.45, 2.75) is 38.8 Å². The van der Waals surface area contributed by atoms with Gasteiger partial charge in [-0.1, -0.05) is 48.5 Å². The van der Waals surface area contributed by atoms with Gasteiger partial charge in [0.25, 0.3) is 0 Å². The number of aliphatic carboxylic acids is 1. The van der Waals surface area contributed by atoms with Crippen LogP contribution >= 0.6 is 0 Å². The number of esters is 1. The number of ether oxygens (including phenoxy) is 2. The molecule has 2 aromatic rings. The summed E-state index contributed by atoms with van der Waals surface area (Å²) >= 11 is 0. The van der Waals surface area contributed by atoms with Crippen molar-refractivity contribution in [3.8, 4) is 11.1 Å². The van der Waals surface area contributed by atoms with Crippen molar-refractivity contribution in [3.63, 3.8) is 0 Å². The van der Waals surface area contributed by atoms with Crippen molar-refractivity contribution in [2.75, 3.05) is 7.11 Å². The summed E-state index contributed by atoms with van der Waals surface area (Å²) in [5.41, 5.74) is 2.86. The van der Waals surface area contributed by atoms with E-state index in [2.05, 4.69) is 10.1 Å². The molecule has 0 unspecified atom stereocenters. The first-order chi connectivity index (χ1) is 14.6. The minimum Gasteiger partial charge on any atom is -0.480 e. The van der Waals surface area contributed by atoms with Crippen LogP contribution in [0.4, 0.5) is 4.79 Å². The van der Waals surface area contributed by atoms with E-state index in [4.69, 9.17) is 4.74 Å². The van der Waals surface area contributed by atoms with Crippen LogP contribution in [-0.4, -0.2) is 41.9 Å². The zero-order valence-corrected chi connectivity index (χ0v) is 18.0. The van der Waals surface area contributed by atoms with Gasteiger partial charge in [0.2, 0.25) is 0 Å². The Bertz CT molecular complexity index is 940. The topological polar surface area (TPSA) is 102 Å². The molecule has 2 aromatic carbocycles. The monoisotopic (exact) mass is 425 g/mol. The maximum absolute atomic E-state index is 11.9. The number of hydrogen-bond donors (Lipinski definition) is 2. The van der Waals surface area contributed by atoms with Crippen molar-refractivity contribution in [1.29, 1.82) is 0 Å². The van der Waals surface area contributed by atoms with Gasteiger partial charge in [0.15, 0.2) is 0 Å². The molecule has 164 valence electrons. The predicted molar refractivity (Wildman–Crippen MR) is 117 cm³/mol. The van der Waals surface area contributed by atoms with Gasteiger partial charge in [-0.25, -0.2) is 14.4 Å². The normalized spacial score (nSPS) is 12.3. The molecule has 1 atom stereocenters. The summed E-state index contributed by atoms with van der Waals surface area (Å²) < 4.78 is 9.70. The average molecular weight is 425 g/mol. The Hall–Kier alpha value is -3.61. The van der Waals surface area contributed by atoms with Crippen molar-refractivity contribution < 1.29 is 29.0 Å². The highest BCUT2D eigenvalue weighted by atomic mass is 16.6. The number of carbonyl (C=O) groups is 3. The molecule has 0 saturated heterocycles. The molecule has 2 N–H and O–H groups in total. The lowest BCUT2D eigenvalue weighted by atomic mass is 10.00. The first-order valence-electron chi connectivity index (χ1n) is 9.75. The molecule has 0 fully saturated rings. The van der Waals surface area contributed by atoms with Gasteiger partial charge < -0.3 is 19.9 Å². The summed E-state index contributed by atoms with van der Waals surface area (Å²) in [5, 5.41) is 11.8. The van der Waals surface area contributed by atoms with Gasteiger partial charge in [0, 0.05) is 12.5 Å². The van der Waals surface area contributed by atoms with Gasteiger partial charge in [-0.3, -0.25) is 0 Å². The van der Waals surface area contributed by atoms with E-state index in [1.165, 1.54) is 13.2 Å². The molecule has 0 heterocycles. The number of methoxy groups -OCH3 is 1. The Morgan fingerprint density at radius 2 is 1.55 bits per heavy atom. The fourth-order valence-electron chi connectivity index (χ4n) is 2.74. The van der Waals surface area contributed by atoms with Crippen molar-refractivity contribution in [2.24, 2.45) is 0 Å². The van der Waals surface area contributed by atoms with E-state index in [1.807, 2.05) is 48.5 Å². The number of carboxylic acid groups (broad SMARTS) is 1. The second kappa shape index (κ2) is 10.4. The smallest absolute Gasteiger partial charge is 0.408 e. The number of nitrogens with one attached hydrogen (secondary N) is 1. The van der Waals surface area contributed by atoms with Crippen LogP contribution in [0, 0.1) is 0 Å². The van der Waals surface area contributed by atoms with Gasteiger partial charge in [-0.2, -0.15) is 0 Å². The van der Waals surface area contributed by atoms with Gasteiger partial charge >= 0.3 is 18.0 Å². The lowest BCUT2D eigenvalue weighted by Crippen LogP contribution is -2.44. The van der Waals surface area contributed by atoms with Crippen molar-refractivity contribution in [1.82, 2.24) is 5.32 Å². The third-order valence-corrected chi connectivity index (χ3v) is 4.24. The van der Waals surface area contributed by atoms with Crippen LogP contribution in [0.3, 0.4) is 0 Å². The molecule has 7 heteroatoms. The summed E-state index contributed by atoms with van der Waals surface area (Å²) in [6, 6.07) is 14.0. The SMILES string of the molecule is COC(=O)C=Cc1ccc(-c2ccc(C[C@H](NC(=O)OC(C)(C)C)C(=O)O)cc2)cc1. The Morgan fingerprint density at radius 3 is 2.03 bits per heavy atom. The van der Waals surface area contributed by atoms with E-state index < -0.39 is 29.7 Å². The van der Waals surface area contributed by atoms with Crippen LogP contribution in [-0.2, 0) is 25.5 Å². The number of alkyl carbamates (subject to hydrolysis) is 1. The minimum atomic E-state index is -1.13. The molecule has 0 aromatic heterocycles. The number of rotatable bonds is 7. The zero-order valence-electron chi connectivity index (χ0n) is 18.0. The quantitative estimate of drug-likeness (QED) is 0.512. The van der Waals surface area contributed by atoms with Crippen LogP contribution in [0.25, 0.3) is 17.2 Å². The van der Waals surface area contributed by atoms with Crippen LogP contribution in [0.5, 0.6) is 0 Å². The third-order valence-electron chi connectivity index (χ3n) is 4.24. The Labute approximate surface area is 181 Å². The summed E-state index contributed by atoms with van der Waals surface area (Å²) in [6.45, 7) is 5.13. The molecular weight excluding hydrogens is 398 g/mol. The standard InChI is InChI=1S/C24H27NO6/c1-24(2,3)31-23(29)25-20(22(27)28)15-17-7-12-19(13-8-17)18-10-5-16(6-11-18)9-14-21(26)30-4/h5-14,20H,15H2,1-4H3,(H,25,29)(H,27,28)/t20-/m0/s1. The molecule has 0 radical (unpaired) electrons. The predicted octanol–water partition coefficient (Wildman–Crippen LogP) is 4.06. The van der Waals surface area contributed by atoms with Crippen LogP contribution in [0.15, 0.2) is 54.6 Å². The Balaban J connectivity index is 2.04. The first kappa shape index (κ1) is 23.7. The Morgan fingerprint density at radius 1 is 1.00 bits per heavy atom. The van der Waals surface area contributed by atoms with Crippen molar-refractivity contribution >= 4 is 24.1 Å². The maximum atomic E-state index is 11.9. The number of carbonyl (C=O) groups excluding carboxylic acids is 2. The molecule has 0 bridgehead atoms. The second-order valence-corrected chi connectivity index (χ2v) is 7.92. The van der Waals surface area contributed by atoms with E-state index in [0.717, 1.165) is 22.3 Å². The summed E-state index contributed by atoms with van der Waals surface area (Å²) in [5.74, 6) is -1.55. The zero-order chi connectivity index (χ0) is 23.0. The number of carboxylic acids is 1. The lowest BCUT2D eigenvalue weighted by Gasteiger charge is -2.22. The van der Waals surface area contributed by atoms with E-state index >= 15 is 0 Å². The maximum Gasteiger partial charge on any atom is 0.408 e. The van der Waals surface area contributed by atoms with E-state index in [1.54, 1.807) is 26.8 Å². The Kier molecular flexibility index (Phi) is 7.96. The largest absolute Gasteiger partial charge is 0.480 e. The van der Waals surface area contributed by atoms with Crippen LogP contribution in [0.2, 0.25) is 0 Å². The van der Waals surface area contributed by atoms with Crippen LogP contribution < -0.4 is 5.32 Å². The van der Waals surface area contributed by atoms with Gasteiger partial charge in [-0.05, 0) is 49.1 Å². The molecule has 0 aliphatic heterocycles. The highest BCUT2D eigenvalue weighted by Gasteiger charge is 2.24. The van der Waals surface area contributed by atoms with Gasteiger partial charge in [0.05, 0.1) is 7.11 Å². The van der Waals surface area contributed by atoms with Gasteiger partial charge in [0.1, 0.15) is 11.6 Å². The highest BCUT2D eigenvalue weighted by Crippen LogP contribution is 2.21. The van der Waals surface area contributed by atoms with Crippen molar-refractivity contribution in [3.05, 3.63) is 65.7 Å². The first-order valence-corrected chi connectivity index (χ1v) is 9.75. The molecule has 0 spiro atoms. The fraction of sp³-hybridized carbons (Fsp3) is 0.292. The van der Waals surface area contributed by atoms with E-state index in [0.29, 0.717) is 0 Å². The average Bonchev–Trinajstić information content (AvgIpc) is 2.71. The second-order valence-electron chi connectivity index (χ2n) is 7.92. The molecule has 1 amide bonds. The van der Waals surface area contributed by atoms with Gasteiger partial charge in [-0.15, -0.1) is 0 Å². The fourth-order valence-corrected chi connectivity index (χ4v) is 2.74. The van der Waals surface area contributed by atoms with E-state index in [9.17, 15) is 19.5 Å². The number of benzene rings is 2. The molecule has 0 saturated carbocycles. The molecule has 7 nitrogen and oxygen atoms in total. The lowest BCUT2D eigenvalue weighted by molar-refractivity contribution is -0.139. The summed E-state index contributed by atoms with van der Waals surface area (Å²) in [7, 11) is 1.33. The minimum absolute atomic E-state index is 0.131. The number of amides is 1. The van der Waals surface area contributed by atoms with Crippen LogP contribution in [0.1, 0.15) is 31.9 Å². The molecule has 0 aliphatic carbocycles. The summed E-state index contributed by atoms with van der Waals surface area (Å²) in [4.78, 5) is 34.6. The molecule has 31 heavy (non-hydrogen) atoms. The molecule has 0 aliphatic rings. The molecule has 2 rings (SSSR count). The third kappa shape index (κ3) is 7.97. The highest BCUT2D eigenvalue weighted by molar-refractivity contribution is 5.87. The summed E-state index contributed by atoms with van der Waals surface area (Å²) in [6.07, 6.45) is 2.39.